The van der Waals surface area contributed by atoms with Gasteiger partial charge in [0.25, 0.3) is 0 Å². The van der Waals surface area contributed by atoms with Gasteiger partial charge in [0.2, 0.25) is 0 Å². The van der Waals surface area contributed by atoms with Gasteiger partial charge >= 0.3 is 0 Å². The molecule has 1 aromatic heterocycles. The van der Waals surface area contributed by atoms with Crippen molar-refractivity contribution in [1.82, 2.24) is 0 Å². The van der Waals surface area contributed by atoms with Crippen molar-refractivity contribution in [3.05, 3.63) is 42.0 Å². The molecule has 0 fully saturated rings. The van der Waals surface area contributed by atoms with Gasteiger partial charge in [0.05, 0.1) is 7.11 Å². The molecule has 0 aliphatic heterocycles. The first-order valence-corrected chi connectivity index (χ1v) is 5.34. The third kappa shape index (κ3) is 2.07. The molecule has 0 unspecified atom stereocenters. The minimum atomic E-state index is 0.694. The van der Waals surface area contributed by atoms with E-state index in [1.54, 1.807) is 24.5 Å². The molecule has 0 spiro atoms. The van der Waals surface area contributed by atoms with Gasteiger partial charge in [-0.1, -0.05) is 29.5 Å². The summed E-state index contributed by atoms with van der Waals surface area (Å²) in [6, 6.07) is 11.4. The Morgan fingerprint density at radius 1 is 1.27 bits per heavy atom. The van der Waals surface area contributed by atoms with Crippen molar-refractivity contribution in [2.45, 2.75) is 0 Å². The second-order valence-corrected chi connectivity index (χ2v) is 4.11. The van der Waals surface area contributed by atoms with Crippen LogP contribution in [0.15, 0.2) is 36.4 Å². The van der Waals surface area contributed by atoms with Crippen molar-refractivity contribution >= 4 is 17.6 Å². The molecule has 0 aliphatic carbocycles. The van der Waals surface area contributed by atoms with Crippen LogP contribution >= 0.6 is 11.3 Å². The molecule has 0 N–H and O–H groups in total. The maximum absolute atomic E-state index is 10.6. The minimum absolute atomic E-state index is 0.694. The quantitative estimate of drug-likeness (QED) is 0.739. The summed E-state index contributed by atoms with van der Waals surface area (Å²) in [5.74, 6) is 0. The van der Waals surface area contributed by atoms with Gasteiger partial charge in [-0.05, 0) is 23.8 Å². The maximum Gasteiger partial charge on any atom is 0.173 e. The Kier molecular flexibility index (Phi) is 2.83. The van der Waals surface area contributed by atoms with Crippen molar-refractivity contribution < 1.29 is 9.53 Å². The average Bonchev–Trinajstić information content (AvgIpc) is 2.78. The van der Waals surface area contributed by atoms with E-state index in [1.807, 2.05) is 30.3 Å². The third-order valence-corrected chi connectivity index (χ3v) is 3.19. The Morgan fingerprint density at radius 2 is 2.13 bits per heavy atom. The van der Waals surface area contributed by atoms with Crippen LogP contribution in [-0.2, 0) is 0 Å². The van der Waals surface area contributed by atoms with Crippen molar-refractivity contribution in [2.24, 2.45) is 0 Å². The lowest BCUT2D eigenvalue weighted by Gasteiger charge is -1.97. The number of thiophene rings is 1. The van der Waals surface area contributed by atoms with E-state index in [1.165, 1.54) is 0 Å². The summed E-state index contributed by atoms with van der Waals surface area (Å²) >= 11 is 1.57. The second-order valence-electron chi connectivity index (χ2n) is 3.07. The highest BCUT2D eigenvalue weighted by Crippen LogP contribution is 2.32. The van der Waals surface area contributed by atoms with Crippen molar-refractivity contribution in [2.75, 3.05) is 7.11 Å². The zero-order chi connectivity index (χ0) is 10.7. The lowest BCUT2D eigenvalue weighted by Crippen LogP contribution is -1.79. The van der Waals surface area contributed by atoms with E-state index in [2.05, 4.69) is 0 Å². The van der Waals surface area contributed by atoms with Crippen LogP contribution in [0.5, 0.6) is 5.06 Å². The van der Waals surface area contributed by atoms with Gasteiger partial charge in [-0.3, -0.25) is 4.79 Å². The predicted molar refractivity (Wildman–Crippen MR) is 61.7 cm³/mol. The molecule has 76 valence electrons. The lowest BCUT2D eigenvalue weighted by atomic mass is 10.1. The molecule has 0 saturated carbocycles. The zero-order valence-corrected chi connectivity index (χ0v) is 9.08. The normalized spacial score (nSPS) is 9.93. The first kappa shape index (κ1) is 9.93. The molecule has 0 amide bonds. The highest BCUT2D eigenvalue weighted by Gasteiger charge is 2.03. The lowest BCUT2D eigenvalue weighted by molar-refractivity contribution is 0.112. The number of ether oxygens (including phenoxy) is 1. The summed E-state index contributed by atoms with van der Waals surface area (Å²) < 4.78 is 5.12. The highest BCUT2D eigenvalue weighted by molar-refractivity contribution is 7.17. The number of rotatable bonds is 3. The summed E-state index contributed by atoms with van der Waals surface area (Å²) in [6.45, 7) is 0. The van der Waals surface area contributed by atoms with Gasteiger partial charge in [0, 0.05) is 10.4 Å². The fourth-order valence-corrected chi connectivity index (χ4v) is 2.17. The fourth-order valence-electron chi connectivity index (χ4n) is 1.35. The van der Waals surface area contributed by atoms with Gasteiger partial charge in [-0.15, -0.1) is 0 Å². The van der Waals surface area contributed by atoms with E-state index in [9.17, 15) is 4.79 Å². The number of carbonyl (C=O) groups is 1. The van der Waals surface area contributed by atoms with Gasteiger partial charge in [-0.25, -0.2) is 0 Å². The van der Waals surface area contributed by atoms with Crippen molar-refractivity contribution in [3.63, 3.8) is 0 Å². The summed E-state index contributed by atoms with van der Waals surface area (Å²) in [4.78, 5) is 11.7. The maximum atomic E-state index is 10.6. The van der Waals surface area contributed by atoms with Crippen LogP contribution in [0.2, 0.25) is 0 Å². The number of hydrogen-bond acceptors (Lipinski definition) is 3. The van der Waals surface area contributed by atoms with Gasteiger partial charge in [0.15, 0.2) is 5.06 Å². The molecule has 3 heteroatoms. The standard InChI is InChI=1S/C12H10O2S/c1-14-12-6-5-11(15-12)10-4-2-3-9(7-10)8-13/h2-8H,1H3. The van der Waals surface area contributed by atoms with Crippen LogP contribution in [0.3, 0.4) is 0 Å². The predicted octanol–water partition coefficient (Wildman–Crippen LogP) is 3.24. The zero-order valence-electron chi connectivity index (χ0n) is 8.27. The van der Waals surface area contributed by atoms with E-state index in [-0.39, 0.29) is 0 Å². The largest absolute Gasteiger partial charge is 0.487 e. The Bertz CT molecular complexity index is 474. The number of hydrogen-bond donors (Lipinski definition) is 0. The Hall–Kier alpha value is -1.61. The smallest absolute Gasteiger partial charge is 0.173 e. The first-order chi connectivity index (χ1) is 7.33. The number of aldehydes is 1. The molecular weight excluding hydrogens is 208 g/mol. The molecule has 1 heterocycles. The van der Waals surface area contributed by atoms with Crippen LogP contribution in [-0.4, -0.2) is 13.4 Å². The molecule has 2 aromatic rings. The van der Waals surface area contributed by atoms with Gasteiger partial charge in [-0.2, -0.15) is 0 Å². The highest BCUT2D eigenvalue weighted by atomic mass is 32.1. The van der Waals surface area contributed by atoms with Crippen LogP contribution in [0.25, 0.3) is 10.4 Å². The Balaban J connectivity index is 2.39. The molecule has 0 aliphatic rings. The monoisotopic (exact) mass is 218 g/mol. The van der Waals surface area contributed by atoms with Crippen molar-refractivity contribution in [3.8, 4) is 15.5 Å². The Morgan fingerprint density at radius 3 is 2.80 bits per heavy atom. The SMILES string of the molecule is COc1ccc(-c2cccc(C=O)c2)s1. The van der Waals surface area contributed by atoms with E-state index in [0.29, 0.717) is 5.56 Å². The second kappa shape index (κ2) is 4.28. The average molecular weight is 218 g/mol. The van der Waals surface area contributed by atoms with Gasteiger partial charge in [0.1, 0.15) is 6.29 Å². The summed E-state index contributed by atoms with van der Waals surface area (Å²) in [5.41, 5.74) is 1.74. The molecule has 0 saturated heterocycles. The molecule has 2 nitrogen and oxygen atoms in total. The van der Waals surface area contributed by atoms with Gasteiger partial charge < -0.3 is 4.74 Å². The molecule has 0 radical (unpaired) electrons. The summed E-state index contributed by atoms with van der Waals surface area (Å²) in [6.07, 6.45) is 0.855. The molecule has 1 aromatic carbocycles. The van der Waals surface area contributed by atoms with E-state index >= 15 is 0 Å². The molecule has 0 atom stereocenters. The first-order valence-electron chi connectivity index (χ1n) is 4.53. The summed E-state index contributed by atoms with van der Waals surface area (Å²) in [5, 5.41) is 0.876. The van der Waals surface area contributed by atoms with E-state index < -0.39 is 0 Å². The minimum Gasteiger partial charge on any atom is -0.487 e. The third-order valence-electron chi connectivity index (χ3n) is 2.09. The molecule has 2 rings (SSSR count). The molecule has 0 bridgehead atoms. The Labute approximate surface area is 92.1 Å². The van der Waals surface area contributed by atoms with E-state index in [4.69, 9.17) is 4.74 Å². The topological polar surface area (TPSA) is 26.3 Å². The molecule has 15 heavy (non-hydrogen) atoms. The van der Waals surface area contributed by atoms with E-state index in [0.717, 1.165) is 21.8 Å². The molecular formula is C12H10O2S. The number of benzene rings is 1. The van der Waals surface area contributed by atoms with Crippen LogP contribution in [0, 0.1) is 0 Å². The van der Waals surface area contributed by atoms with Crippen LogP contribution < -0.4 is 4.74 Å². The fraction of sp³-hybridized carbons (Fsp3) is 0.0833. The van der Waals surface area contributed by atoms with Crippen LogP contribution in [0.4, 0.5) is 0 Å². The summed E-state index contributed by atoms with van der Waals surface area (Å²) in [7, 11) is 1.65. The number of methoxy groups -OCH3 is 1. The number of carbonyl (C=O) groups excluding carboxylic acids is 1. The van der Waals surface area contributed by atoms with Crippen LogP contribution in [0.1, 0.15) is 10.4 Å². The van der Waals surface area contributed by atoms with Crippen molar-refractivity contribution in [1.29, 1.82) is 0 Å².